The van der Waals surface area contributed by atoms with E-state index in [9.17, 15) is 31.5 Å². The van der Waals surface area contributed by atoms with E-state index < -0.39 is 52.2 Å². The summed E-state index contributed by atoms with van der Waals surface area (Å²) >= 11 is 0. The van der Waals surface area contributed by atoms with E-state index in [0.29, 0.717) is 6.42 Å². The van der Waals surface area contributed by atoms with E-state index in [1.54, 1.807) is 0 Å². The molecule has 170 valence electrons. The average molecular weight is 438 g/mol. The van der Waals surface area contributed by atoms with Crippen molar-refractivity contribution in [2.45, 2.75) is 72.1 Å². The molecule has 0 aromatic heterocycles. The lowest BCUT2D eigenvalue weighted by molar-refractivity contribution is -0.165. The molecule has 0 saturated carbocycles. The lowest BCUT2D eigenvalue weighted by Gasteiger charge is -2.21. The van der Waals surface area contributed by atoms with Crippen LogP contribution < -0.4 is 4.74 Å². The first-order chi connectivity index (χ1) is 14.1. The average Bonchev–Trinajstić information content (AvgIpc) is 2.72. The maximum Gasteiger partial charge on any atom is 0.328 e. The SMILES string of the molecule is CCCCCCCCCCOC(=O)C(C)(C)C(=O)Oc1c(F)c(F)c(F)c(F)c1F. The van der Waals surface area contributed by atoms with Crippen molar-refractivity contribution in [2.75, 3.05) is 6.61 Å². The van der Waals surface area contributed by atoms with Crippen molar-refractivity contribution in [1.82, 2.24) is 0 Å². The highest BCUT2D eigenvalue weighted by molar-refractivity contribution is 5.99. The Bertz CT molecular complexity index is 720. The molecular weight excluding hydrogens is 411 g/mol. The summed E-state index contributed by atoms with van der Waals surface area (Å²) < 4.78 is 76.1. The number of unbranched alkanes of at least 4 members (excludes halogenated alkanes) is 7. The lowest BCUT2D eigenvalue weighted by atomic mass is 9.94. The molecule has 0 aliphatic heterocycles. The van der Waals surface area contributed by atoms with Gasteiger partial charge in [0.2, 0.25) is 34.8 Å². The highest BCUT2D eigenvalue weighted by Gasteiger charge is 2.41. The van der Waals surface area contributed by atoms with Gasteiger partial charge in [0, 0.05) is 0 Å². The molecule has 4 nitrogen and oxygen atoms in total. The van der Waals surface area contributed by atoms with Crippen molar-refractivity contribution in [3.8, 4) is 5.75 Å². The maximum absolute atomic E-state index is 13.7. The van der Waals surface area contributed by atoms with Gasteiger partial charge in [0.25, 0.3) is 0 Å². The van der Waals surface area contributed by atoms with E-state index in [0.717, 1.165) is 39.5 Å². The summed E-state index contributed by atoms with van der Waals surface area (Å²) in [7, 11) is 0. The summed E-state index contributed by atoms with van der Waals surface area (Å²) in [6, 6.07) is 0. The molecule has 0 bridgehead atoms. The van der Waals surface area contributed by atoms with E-state index in [2.05, 4.69) is 11.7 Å². The Morgan fingerprint density at radius 3 is 1.63 bits per heavy atom. The van der Waals surface area contributed by atoms with Gasteiger partial charge < -0.3 is 9.47 Å². The van der Waals surface area contributed by atoms with Gasteiger partial charge in [-0.2, -0.15) is 8.78 Å². The topological polar surface area (TPSA) is 52.6 Å². The molecular formula is C21H27F5O4. The van der Waals surface area contributed by atoms with Gasteiger partial charge in [0.05, 0.1) is 6.61 Å². The first kappa shape index (κ1) is 25.8. The van der Waals surface area contributed by atoms with Gasteiger partial charge in [-0.05, 0) is 20.3 Å². The Balaban J connectivity index is 2.57. The summed E-state index contributed by atoms with van der Waals surface area (Å²) in [5.74, 6) is -15.8. The summed E-state index contributed by atoms with van der Waals surface area (Å²) in [6.45, 7) is 4.30. The number of hydrogen-bond donors (Lipinski definition) is 0. The van der Waals surface area contributed by atoms with Crippen LogP contribution in [0.3, 0.4) is 0 Å². The van der Waals surface area contributed by atoms with Crippen LogP contribution in [0.25, 0.3) is 0 Å². The zero-order valence-corrected chi connectivity index (χ0v) is 17.4. The Labute approximate surface area is 172 Å². The van der Waals surface area contributed by atoms with E-state index in [1.807, 2.05) is 0 Å². The van der Waals surface area contributed by atoms with Crippen molar-refractivity contribution in [2.24, 2.45) is 5.41 Å². The fraction of sp³-hybridized carbons (Fsp3) is 0.619. The lowest BCUT2D eigenvalue weighted by Crippen LogP contribution is -2.38. The summed E-state index contributed by atoms with van der Waals surface area (Å²) in [6.07, 6.45) is 8.15. The van der Waals surface area contributed by atoms with Crippen LogP contribution in [-0.2, 0) is 14.3 Å². The van der Waals surface area contributed by atoms with Gasteiger partial charge in [0.1, 0.15) is 0 Å². The predicted octanol–water partition coefficient (Wildman–Crippen LogP) is 6.00. The van der Waals surface area contributed by atoms with E-state index in [1.165, 1.54) is 19.3 Å². The Hall–Kier alpha value is -2.19. The number of hydrogen-bond acceptors (Lipinski definition) is 4. The van der Waals surface area contributed by atoms with Gasteiger partial charge in [0.15, 0.2) is 5.41 Å². The van der Waals surface area contributed by atoms with Crippen LogP contribution >= 0.6 is 0 Å². The highest BCUT2D eigenvalue weighted by Crippen LogP contribution is 2.31. The Morgan fingerprint density at radius 1 is 0.700 bits per heavy atom. The molecule has 1 rings (SSSR count). The van der Waals surface area contributed by atoms with Gasteiger partial charge >= 0.3 is 11.9 Å². The van der Waals surface area contributed by atoms with Gasteiger partial charge in [-0.1, -0.05) is 51.9 Å². The van der Waals surface area contributed by atoms with Crippen LogP contribution in [0.1, 0.15) is 72.1 Å². The molecule has 0 aliphatic carbocycles. The molecule has 9 heteroatoms. The molecule has 0 radical (unpaired) electrons. The first-order valence-corrected chi connectivity index (χ1v) is 9.96. The minimum atomic E-state index is -2.38. The molecule has 0 aliphatic rings. The number of halogens is 5. The van der Waals surface area contributed by atoms with Crippen LogP contribution in [0, 0.1) is 34.5 Å². The normalized spacial score (nSPS) is 11.5. The van der Waals surface area contributed by atoms with Crippen LogP contribution in [0.5, 0.6) is 5.75 Å². The number of ether oxygens (including phenoxy) is 2. The van der Waals surface area contributed by atoms with Gasteiger partial charge in [-0.3, -0.25) is 9.59 Å². The van der Waals surface area contributed by atoms with E-state index >= 15 is 0 Å². The van der Waals surface area contributed by atoms with E-state index in [4.69, 9.17) is 4.74 Å². The molecule has 0 atom stereocenters. The molecule has 0 spiro atoms. The van der Waals surface area contributed by atoms with Crippen molar-refractivity contribution in [1.29, 1.82) is 0 Å². The predicted molar refractivity (Wildman–Crippen MR) is 99.2 cm³/mol. The third-order valence-corrected chi connectivity index (χ3v) is 4.62. The standard InChI is InChI=1S/C21H27F5O4/c1-4-5-6-7-8-9-10-11-12-29-19(27)21(2,3)20(28)30-18-16(25)14(23)13(22)15(24)17(18)26/h4-12H2,1-3H3. The second-order valence-corrected chi connectivity index (χ2v) is 7.52. The number of benzene rings is 1. The Morgan fingerprint density at radius 2 is 1.13 bits per heavy atom. The zero-order chi connectivity index (χ0) is 22.9. The molecule has 30 heavy (non-hydrogen) atoms. The largest absolute Gasteiger partial charge is 0.465 e. The molecule has 1 aromatic carbocycles. The minimum absolute atomic E-state index is 0.0348. The number of rotatable bonds is 12. The van der Waals surface area contributed by atoms with Gasteiger partial charge in [-0.15, -0.1) is 0 Å². The summed E-state index contributed by atoms with van der Waals surface area (Å²) in [4.78, 5) is 24.3. The third kappa shape index (κ3) is 6.67. The van der Waals surface area contributed by atoms with E-state index in [-0.39, 0.29) is 6.61 Å². The molecule has 0 heterocycles. The van der Waals surface area contributed by atoms with Crippen LogP contribution in [-0.4, -0.2) is 18.5 Å². The first-order valence-electron chi connectivity index (χ1n) is 9.96. The van der Waals surface area contributed by atoms with Crippen LogP contribution in [0.2, 0.25) is 0 Å². The molecule has 0 fully saturated rings. The van der Waals surface area contributed by atoms with Crippen molar-refractivity contribution < 1.29 is 41.0 Å². The molecule has 0 saturated heterocycles. The molecule has 0 unspecified atom stereocenters. The summed E-state index contributed by atoms with van der Waals surface area (Å²) in [5, 5.41) is 0. The summed E-state index contributed by atoms with van der Waals surface area (Å²) in [5.41, 5.74) is -2.01. The molecule has 1 aromatic rings. The van der Waals surface area contributed by atoms with Crippen molar-refractivity contribution in [3.63, 3.8) is 0 Å². The number of carbonyl (C=O) groups is 2. The van der Waals surface area contributed by atoms with Gasteiger partial charge in [-0.25, -0.2) is 13.2 Å². The highest BCUT2D eigenvalue weighted by atomic mass is 19.2. The second kappa shape index (κ2) is 11.9. The van der Waals surface area contributed by atoms with Crippen molar-refractivity contribution >= 4 is 11.9 Å². The van der Waals surface area contributed by atoms with Crippen LogP contribution in [0.4, 0.5) is 22.0 Å². The monoisotopic (exact) mass is 438 g/mol. The maximum atomic E-state index is 13.7. The second-order valence-electron chi connectivity index (χ2n) is 7.52. The smallest absolute Gasteiger partial charge is 0.328 e. The van der Waals surface area contributed by atoms with Crippen molar-refractivity contribution in [3.05, 3.63) is 29.1 Å². The minimum Gasteiger partial charge on any atom is -0.465 e. The number of carbonyl (C=O) groups excluding carboxylic acids is 2. The fourth-order valence-corrected chi connectivity index (χ4v) is 2.56. The molecule has 0 N–H and O–H groups in total. The molecule has 0 amide bonds. The quantitative estimate of drug-likeness (QED) is 0.0764. The fourth-order valence-electron chi connectivity index (χ4n) is 2.56. The number of esters is 2. The third-order valence-electron chi connectivity index (χ3n) is 4.62. The zero-order valence-electron chi connectivity index (χ0n) is 17.4. The Kier molecular flexibility index (Phi) is 10.2. The van der Waals surface area contributed by atoms with Crippen LogP contribution in [0.15, 0.2) is 0 Å².